The molecule has 0 bridgehead atoms. The Morgan fingerprint density at radius 2 is 1.95 bits per heavy atom. The molecule has 0 spiro atoms. The Bertz CT molecular complexity index is 363. The summed E-state index contributed by atoms with van der Waals surface area (Å²) in [7, 11) is 2.19. The fourth-order valence-corrected chi connectivity index (χ4v) is 2.46. The minimum atomic E-state index is -0.224. The Kier molecular flexibility index (Phi) is 5.61. The van der Waals surface area contributed by atoms with E-state index in [-0.39, 0.29) is 5.82 Å². The summed E-state index contributed by atoms with van der Waals surface area (Å²) in [4.78, 5) is 2.43. The minimum Gasteiger partial charge on any atom is -0.494 e. The third-order valence-corrected chi connectivity index (χ3v) is 3.67. The van der Waals surface area contributed by atoms with Crippen LogP contribution in [-0.4, -0.2) is 44.2 Å². The molecule has 0 atom stereocenters. The maximum atomic E-state index is 12.7. The number of hydrogen-bond acceptors (Lipinski definition) is 3. The monoisotopic (exact) mass is 266 g/mol. The van der Waals surface area contributed by atoms with Crippen LogP contribution in [0.25, 0.3) is 0 Å². The number of rotatable bonds is 6. The van der Waals surface area contributed by atoms with Crippen LogP contribution in [0.15, 0.2) is 24.3 Å². The maximum Gasteiger partial charge on any atom is 0.123 e. The average molecular weight is 266 g/mol. The van der Waals surface area contributed by atoms with Crippen LogP contribution in [0.1, 0.15) is 19.3 Å². The second kappa shape index (κ2) is 7.46. The minimum absolute atomic E-state index is 0.224. The lowest BCUT2D eigenvalue weighted by molar-refractivity contribution is 0.183. The topological polar surface area (TPSA) is 24.5 Å². The van der Waals surface area contributed by atoms with Gasteiger partial charge in [-0.25, -0.2) is 4.39 Å². The van der Waals surface area contributed by atoms with E-state index >= 15 is 0 Å². The summed E-state index contributed by atoms with van der Waals surface area (Å²) in [6.45, 7) is 3.98. The Hall–Kier alpha value is -1.13. The van der Waals surface area contributed by atoms with E-state index in [1.54, 1.807) is 12.1 Å². The molecule has 0 amide bonds. The molecule has 0 aromatic heterocycles. The summed E-state index contributed by atoms with van der Waals surface area (Å²) >= 11 is 0. The van der Waals surface area contributed by atoms with Crippen molar-refractivity contribution in [3.05, 3.63) is 30.1 Å². The lowest BCUT2D eigenvalue weighted by Crippen LogP contribution is -2.41. The third-order valence-electron chi connectivity index (χ3n) is 3.67. The molecule has 3 nitrogen and oxygen atoms in total. The van der Waals surface area contributed by atoms with Gasteiger partial charge in [0.15, 0.2) is 0 Å². The summed E-state index contributed by atoms with van der Waals surface area (Å²) in [6, 6.07) is 6.90. The van der Waals surface area contributed by atoms with Crippen LogP contribution >= 0.6 is 0 Å². The molecule has 1 aliphatic heterocycles. The zero-order valence-electron chi connectivity index (χ0n) is 11.6. The molecular weight excluding hydrogens is 243 g/mol. The van der Waals surface area contributed by atoms with Crippen molar-refractivity contribution in [1.82, 2.24) is 10.2 Å². The molecule has 1 fully saturated rings. The third kappa shape index (κ3) is 4.80. The molecular formula is C15H23FN2O. The SMILES string of the molecule is CN(CCCOc1ccc(F)cc1)C1CCNCC1. The first-order valence-corrected chi connectivity index (χ1v) is 7.05. The van der Waals surface area contributed by atoms with Gasteiger partial charge in [0.1, 0.15) is 11.6 Å². The van der Waals surface area contributed by atoms with Crippen LogP contribution in [0.2, 0.25) is 0 Å². The molecule has 2 rings (SSSR count). The van der Waals surface area contributed by atoms with E-state index in [9.17, 15) is 4.39 Å². The number of ether oxygens (including phenoxy) is 1. The summed E-state index contributed by atoms with van der Waals surface area (Å²) in [6.07, 6.45) is 3.46. The van der Waals surface area contributed by atoms with Crippen LogP contribution in [0.3, 0.4) is 0 Å². The first-order valence-electron chi connectivity index (χ1n) is 7.05. The zero-order chi connectivity index (χ0) is 13.5. The molecule has 106 valence electrons. The van der Waals surface area contributed by atoms with E-state index in [4.69, 9.17) is 4.74 Å². The van der Waals surface area contributed by atoms with Gasteiger partial charge in [-0.3, -0.25) is 0 Å². The van der Waals surface area contributed by atoms with Gasteiger partial charge in [0.05, 0.1) is 6.61 Å². The largest absolute Gasteiger partial charge is 0.494 e. The van der Waals surface area contributed by atoms with Crippen molar-refractivity contribution in [2.75, 3.05) is 33.3 Å². The normalized spacial score (nSPS) is 16.8. The Morgan fingerprint density at radius 3 is 2.63 bits per heavy atom. The molecule has 1 aromatic rings. The number of nitrogens with zero attached hydrogens (tertiary/aromatic N) is 1. The van der Waals surface area contributed by atoms with E-state index in [2.05, 4.69) is 17.3 Å². The second-order valence-electron chi connectivity index (χ2n) is 5.12. The molecule has 1 heterocycles. The smallest absolute Gasteiger partial charge is 0.123 e. The zero-order valence-corrected chi connectivity index (χ0v) is 11.6. The van der Waals surface area contributed by atoms with Crippen molar-refractivity contribution < 1.29 is 9.13 Å². The van der Waals surface area contributed by atoms with Gasteiger partial charge in [0.2, 0.25) is 0 Å². The van der Waals surface area contributed by atoms with Gasteiger partial charge in [0.25, 0.3) is 0 Å². The quantitative estimate of drug-likeness (QED) is 0.800. The van der Waals surface area contributed by atoms with E-state index in [1.165, 1.54) is 25.0 Å². The van der Waals surface area contributed by atoms with Crippen molar-refractivity contribution >= 4 is 0 Å². The molecule has 1 saturated heterocycles. The van der Waals surface area contributed by atoms with Crippen molar-refractivity contribution in [3.63, 3.8) is 0 Å². The lowest BCUT2D eigenvalue weighted by Gasteiger charge is -2.31. The molecule has 1 aliphatic rings. The molecule has 0 aliphatic carbocycles. The van der Waals surface area contributed by atoms with Crippen LogP contribution in [0.5, 0.6) is 5.75 Å². The average Bonchev–Trinajstić information content (AvgIpc) is 2.46. The van der Waals surface area contributed by atoms with Crippen LogP contribution < -0.4 is 10.1 Å². The predicted octanol–water partition coefficient (Wildman–Crippen LogP) is 2.28. The number of benzene rings is 1. The van der Waals surface area contributed by atoms with E-state index < -0.39 is 0 Å². The highest BCUT2D eigenvalue weighted by Gasteiger charge is 2.16. The molecule has 0 saturated carbocycles. The van der Waals surface area contributed by atoms with Crippen molar-refractivity contribution in [3.8, 4) is 5.75 Å². The summed E-state index contributed by atoms with van der Waals surface area (Å²) in [5, 5.41) is 3.38. The molecule has 0 unspecified atom stereocenters. The highest BCUT2D eigenvalue weighted by atomic mass is 19.1. The van der Waals surface area contributed by atoms with Gasteiger partial charge >= 0.3 is 0 Å². The van der Waals surface area contributed by atoms with Gasteiger partial charge in [-0.15, -0.1) is 0 Å². The highest BCUT2D eigenvalue weighted by molar-refractivity contribution is 5.21. The Balaban J connectivity index is 1.62. The Morgan fingerprint density at radius 1 is 1.26 bits per heavy atom. The van der Waals surface area contributed by atoms with Gasteiger partial charge in [-0.1, -0.05) is 0 Å². The summed E-state index contributed by atoms with van der Waals surface area (Å²) in [5.41, 5.74) is 0. The Labute approximate surface area is 114 Å². The van der Waals surface area contributed by atoms with Crippen molar-refractivity contribution in [1.29, 1.82) is 0 Å². The number of hydrogen-bond donors (Lipinski definition) is 1. The highest BCUT2D eigenvalue weighted by Crippen LogP contribution is 2.12. The van der Waals surface area contributed by atoms with E-state index in [1.807, 2.05) is 0 Å². The van der Waals surface area contributed by atoms with E-state index in [0.717, 1.165) is 31.8 Å². The van der Waals surface area contributed by atoms with Crippen LogP contribution in [0.4, 0.5) is 4.39 Å². The predicted molar refractivity (Wildman–Crippen MR) is 75.0 cm³/mol. The molecule has 4 heteroatoms. The fourth-order valence-electron chi connectivity index (χ4n) is 2.46. The van der Waals surface area contributed by atoms with Crippen molar-refractivity contribution in [2.24, 2.45) is 0 Å². The van der Waals surface area contributed by atoms with Crippen LogP contribution in [0, 0.1) is 5.82 Å². The van der Waals surface area contributed by atoms with Crippen LogP contribution in [-0.2, 0) is 0 Å². The molecule has 0 radical (unpaired) electrons. The summed E-state index contributed by atoms with van der Waals surface area (Å²) < 4.78 is 18.3. The first kappa shape index (κ1) is 14.3. The second-order valence-corrected chi connectivity index (χ2v) is 5.12. The lowest BCUT2D eigenvalue weighted by atomic mass is 10.1. The van der Waals surface area contributed by atoms with Gasteiger partial charge in [-0.2, -0.15) is 0 Å². The number of piperidine rings is 1. The number of halogens is 1. The standard InChI is InChI=1S/C15H23FN2O/c1-18(14-7-9-17-10-8-14)11-2-12-19-15-5-3-13(16)4-6-15/h3-6,14,17H,2,7-12H2,1H3. The van der Waals surface area contributed by atoms with Gasteiger partial charge < -0.3 is 15.0 Å². The maximum absolute atomic E-state index is 12.7. The number of nitrogens with one attached hydrogen (secondary N) is 1. The van der Waals surface area contributed by atoms with Gasteiger partial charge in [-0.05, 0) is 63.7 Å². The fraction of sp³-hybridized carbons (Fsp3) is 0.600. The summed E-state index contributed by atoms with van der Waals surface area (Å²) in [5.74, 6) is 0.518. The van der Waals surface area contributed by atoms with Gasteiger partial charge in [0, 0.05) is 12.6 Å². The first-order chi connectivity index (χ1) is 9.25. The molecule has 19 heavy (non-hydrogen) atoms. The molecule has 1 aromatic carbocycles. The van der Waals surface area contributed by atoms with Crippen molar-refractivity contribution in [2.45, 2.75) is 25.3 Å². The molecule has 1 N–H and O–H groups in total. The van der Waals surface area contributed by atoms with E-state index in [0.29, 0.717) is 12.6 Å².